The molecule has 0 spiro atoms. The minimum absolute atomic E-state index is 0.475. The Hall–Kier alpha value is -0.820. The van der Waals surface area contributed by atoms with Crippen LogP contribution >= 0.6 is 0 Å². The quantitative estimate of drug-likeness (QED) is 0.858. The van der Waals surface area contributed by atoms with Crippen LogP contribution in [0.25, 0.3) is 0 Å². The van der Waals surface area contributed by atoms with Crippen LogP contribution in [0.5, 0.6) is 0 Å². The molecule has 3 rings (SSSR count). The maximum absolute atomic E-state index is 3.51. The van der Waals surface area contributed by atoms with Crippen LogP contribution in [0, 0.1) is 11.8 Å². The Morgan fingerprint density at radius 3 is 2.32 bits per heavy atom. The molecule has 19 heavy (non-hydrogen) atoms. The van der Waals surface area contributed by atoms with Crippen LogP contribution in [0.1, 0.15) is 51.0 Å². The standard InChI is InChI=1S/C18H27N/c1-15(16-9-13-19-14-10-16)18(11-5-6-12-18)17-7-3-2-4-8-17/h2-4,7-8,15-16,19H,5-6,9-14H2,1H3. The highest BCUT2D eigenvalue weighted by Crippen LogP contribution is 2.50. The van der Waals surface area contributed by atoms with Gasteiger partial charge in [-0.25, -0.2) is 0 Å². The van der Waals surface area contributed by atoms with Crippen molar-refractivity contribution < 1.29 is 0 Å². The summed E-state index contributed by atoms with van der Waals surface area (Å²) < 4.78 is 0. The van der Waals surface area contributed by atoms with E-state index in [1.807, 2.05) is 0 Å². The zero-order valence-electron chi connectivity index (χ0n) is 12.2. The van der Waals surface area contributed by atoms with Gasteiger partial charge in [-0.3, -0.25) is 0 Å². The van der Waals surface area contributed by atoms with E-state index in [9.17, 15) is 0 Å². The van der Waals surface area contributed by atoms with Gasteiger partial charge in [-0.2, -0.15) is 0 Å². The molecule has 1 aliphatic heterocycles. The molecule has 0 bridgehead atoms. The first-order valence-corrected chi connectivity index (χ1v) is 8.09. The summed E-state index contributed by atoms with van der Waals surface area (Å²) in [4.78, 5) is 0. The van der Waals surface area contributed by atoms with E-state index in [0.29, 0.717) is 5.41 Å². The summed E-state index contributed by atoms with van der Waals surface area (Å²) in [5, 5.41) is 3.51. The molecule has 1 saturated heterocycles. The van der Waals surface area contributed by atoms with E-state index in [0.717, 1.165) is 11.8 Å². The summed E-state index contributed by atoms with van der Waals surface area (Å²) in [6.07, 6.45) is 8.39. The Bertz CT molecular complexity index is 385. The van der Waals surface area contributed by atoms with Gasteiger partial charge in [0.05, 0.1) is 0 Å². The normalized spacial score (nSPS) is 25.3. The Morgan fingerprint density at radius 2 is 1.68 bits per heavy atom. The number of hydrogen-bond acceptors (Lipinski definition) is 1. The number of piperidine rings is 1. The highest BCUT2D eigenvalue weighted by molar-refractivity contribution is 5.28. The van der Waals surface area contributed by atoms with E-state index in [2.05, 4.69) is 42.6 Å². The van der Waals surface area contributed by atoms with Gasteiger partial charge in [-0.05, 0) is 61.6 Å². The fourth-order valence-corrected chi connectivity index (χ4v) is 4.58. The number of nitrogens with one attached hydrogen (secondary N) is 1. The fraction of sp³-hybridized carbons (Fsp3) is 0.667. The summed E-state index contributed by atoms with van der Waals surface area (Å²) in [6, 6.07) is 11.4. The molecule has 0 amide bonds. The van der Waals surface area contributed by atoms with Crippen molar-refractivity contribution in [2.24, 2.45) is 11.8 Å². The first kappa shape index (κ1) is 13.2. The van der Waals surface area contributed by atoms with E-state index in [4.69, 9.17) is 0 Å². The van der Waals surface area contributed by atoms with Crippen LogP contribution in [0.3, 0.4) is 0 Å². The third-order valence-corrected chi connectivity index (χ3v) is 5.81. The van der Waals surface area contributed by atoms with Crippen LogP contribution in [-0.2, 0) is 5.41 Å². The van der Waals surface area contributed by atoms with Crippen molar-refractivity contribution in [3.05, 3.63) is 35.9 Å². The summed E-state index contributed by atoms with van der Waals surface area (Å²) >= 11 is 0. The van der Waals surface area contributed by atoms with Gasteiger partial charge in [0.2, 0.25) is 0 Å². The van der Waals surface area contributed by atoms with Crippen molar-refractivity contribution in [1.29, 1.82) is 0 Å². The molecular formula is C18H27N. The van der Waals surface area contributed by atoms with E-state index in [-0.39, 0.29) is 0 Å². The topological polar surface area (TPSA) is 12.0 Å². The molecule has 1 N–H and O–H groups in total. The zero-order chi connectivity index (χ0) is 13.1. The molecule has 1 aromatic carbocycles. The Morgan fingerprint density at radius 1 is 1.05 bits per heavy atom. The predicted molar refractivity (Wildman–Crippen MR) is 81.3 cm³/mol. The molecule has 1 unspecified atom stereocenters. The van der Waals surface area contributed by atoms with Gasteiger partial charge in [-0.15, -0.1) is 0 Å². The first-order chi connectivity index (χ1) is 9.33. The average molecular weight is 257 g/mol. The largest absolute Gasteiger partial charge is 0.317 e. The second kappa shape index (κ2) is 5.66. The zero-order valence-corrected chi connectivity index (χ0v) is 12.2. The summed E-state index contributed by atoms with van der Waals surface area (Å²) in [7, 11) is 0. The van der Waals surface area contributed by atoms with E-state index < -0.39 is 0 Å². The number of hydrogen-bond donors (Lipinski definition) is 1. The SMILES string of the molecule is CC(C1CCNCC1)C1(c2ccccc2)CCCC1. The van der Waals surface area contributed by atoms with Crippen molar-refractivity contribution in [3.8, 4) is 0 Å². The lowest BCUT2D eigenvalue weighted by Gasteiger charge is -2.42. The van der Waals surface area contributed by atoms with Crippen molar-refractivity contribution in [3.63, 3.8) is 0 Å². The van der Waals surface area contributed by atoms with Gasteiger partial charge in [0, 0.05) is 0 Å². The van der Waals surface area contributed by atoms with Gasteiger partial charge in [-0.1, -0.05) is 50.1 Å². The maximum atomic E-state index is 3.51. The van der Waals surface area contributed by atoms with E-state index >= 15 is 0 Å². The molecule has 104 valence electrons. The van der Waals surface area contributed by atoms with Crippen LogP contribution < -0.4 is 5.32 Å². The molecule has 1 aromatic rings. The smallest absolute Gasteiger partial charge is 0.00187 e. The summed E-state index contributed by atoms with van der Waals surface area (Å²) in [5.74, 6) is 1.75. The third-order valence-electron chi connectivity index (χ3n) is 5.81. The molecule has 2 fully saturated rings. The monoisotopic (exact) mass is 257 g/mol. The second-order valence-corrected chi connectivity index (χ2v) is 6.61. The van der Waals surface area contributed by atoms with Crippen LogP contribution in [0.2, 0.25) is 0 Å². The lowest BCUT2D eigenvalue weighted by molar-refractivity contribution is 0.168. The lowest BCUT2D eigenvalue weighted by atomic mass is 9.63. The van der Waals surface area contributed by atoms with Crippen molar-refractivity contribution in [2.45, 2.75) is 50.9 Å². The number of rotatable bonds is 3. The number of benzene rings is 1. The Labute approximate surface area is 117 Å². The van der Waals surface area contributed by atoms with E-state index in [1.54, 1.807) is 5.56 Å². The molecule has 2 aliphatic rings. The molecule has 1 atom stereocenters. The minimum Gasteiger partial charge on any atom is -0.317 e. The lowest BCUT2D eigenvalue weighted by Crippen LogP contribution is -2.40. The molecule has 0 aromatic heterocycles. The maximum Gasteiger partial charge on any atom is -0.00187 e. The molecule has 1 heterocycles. The van der Waals surface area contributed by atoms with Crippen LogP contribution in [0.4, 0.5) is 0 Å². The molecule has 1 nitrogen and oxygen atoms in total. The highest BCUT2D eigenvalue weighted by atomic mass is 14.9. The predicted octanol–water partition coefficient (Wildman–Crippen LogP) is 4.13. The van der Waals surface area contributed by atoms with Gasteiger partial charge >= 0.3 is 0 Å². The van der Waals surface area contributed by atoms with E-state index in [1.165, 1.54) is 51.6 Å². The molecule has 0 radical (unpaired) electrons. The fourth-order valence-electron chi connectivity index (χ4n) is 4.58. The van der Waals surface area contributed by atoms with Gasteiger partial charge < -0.3 is 5.32 Å². The second-order valence-electron chi connectivity index (χ2n) is 6.61. The molecule has 1 saturated carbocycles. The van der Waals surface area contributed by atoms with Gasteiger partial charge in [0.15, 0.2) is 0 Å². The first-order valence-electron chi connectivity index (χ1n) is 8.09. The van der Waals surface area contributed by atoms with Crippen molar-refractivity contribution in [2.75, 3.05) is 13.1 Å². The van der Waals surface area contributed by atoms with Gasteiger partial charge in [0.1, 0.15) is 0 Å². The van der Waals surface area contributed by atoms with Gasteiger partial charge in [0.25, 0.3) is 0 Å². The molecule has 1 heteroatoms. The van der Waals surface area contributed by atoms with Crippen molar-refractivity contribution >= 4 is 0 Å². The highest BCUT2D eigenvalue weighted by Gasteiger charge is 2.43. The van der Waals surface area contributed by atoms with Crippen LogP contribution in [-0.4, -0.2) is 13.1 Å². The summed E-state index contributed by atoms with van der Waals surface area (Å²) in [6.45, 7) is 4.98. The van der Waals surface area contributed by atoms with Crippen LogP contribution in [0.15, 0.2) is 30.3 Å². The molecule has 1 aliphatic carbocycles. The summed E-state index contributed by atoms with van der Waals surface area (Å²) in [5.41, 5.74) is 2.09. The van der Waals surface area contributed by atoms with Crippen molar-refractivity contribution in [1.82, 2.24) is 5.32 Å². The Balaban J connectivity index is 1.87. The average Bonchev–Trinajstić information content (AvgIpc) is 2.99. The third kappa shape index (κ3) is 2.45. The molecular weight excluding hydrogens is 230 g/mol. The minimum atomic E-state index is 0.475. The Kier molecular flexibility index (Phi) is 3.93.